The number of halogens is 5. The molecule has 7 nitrogen and oxygen atoms in total. The zero-order valence-corrected chi connectivity index (χ0v) is 27.3. The highest BCUT2D eigenvalue weighted by Gasteiger charge is 2.37. The Bertz CT molecular complexity index is 1700. The number of alkyl halides is 3. The van der Waals surface area contributed by atoms with Crippen molar-refractivity contribution < 1.29 is 36.6 Å². The van der Waals surface area contributed by atoms with Gasteiger partial charge in [0.2, 0.25) is 5.91 Å². The van der Waals surface area contributed by atoms with Gasteiger partial charge in [0.1, 0.15) is 17.7 Å². The van der Waals surface area contributed by atoms with Crippen molar-refractivity contribution in [3.63, 3.8) is 0 Å². The smallest absolute Gasteiger partial charge is 0.416 e. The second-order valence-electron chi connectivity index (χ2n) is 13.2. The highest BCUT2D eigenvalue weighted by Crippen LogP contribution is 2.36. The van der Waals surface area contributed by atoms with Crippen LogP contribution in [-0.2, 0) is 22.2 Å². The van der Waals surface area contributed by atoms with E-state index in [2.05, 4.69) is 5.32 Å². The second kappa shape index (κ2) is 14.0. The van der Waals surface area contributed by atoms with Crippen LogP contribution in [0.3, 0.4) is 0 Å². The number of carboxylic acids is 1. The molecule has 2 N–H and O–H groups in total. The van der Waals surface area contributed by atoms with Crippen LogP contribution in [0.4, 0.5) is 22.0 Å². The summed E-state index contributed by atoms with van der Waals surface area (Å²) in [6.45, 7) is 9.59. The molecular formula is C35H40F5N3O4. The molecule has 1 saturated heterocycles. The van der Waals surface area contributed by atoms with Crippen LogP contribution in [0.25, 0.3) is 11.1 Å². The highest BCUT2D eigenvalue weighted by molar-refractivity contribution is 5.82. The van der Waals surface area contributed by atoms with Crippen LogP contribution < -0.4 is 10.9 Å². The standard InChI is InChI=1S/C35H40F5N3O4/c1-18(2)7-29(43-17-24(11-22-15-42(6)16-22)27(13-30(43)44)35(38,39)40)34(47)41-28(14-31(45)46)26-12-23(8-21(5)33(26)37)32-19(3)9-25(36)10-20(32)4/h8-10,12-13,17-18,22,28-29H,7,11,14-16H2,1-6H3,(H,41,47)(H,45,46)/t28-,29-/m1/s1. The first-order chi connectivity index (χ1) is 21.8. The molecule has 1 aliphatic rings. The first-order valence-electron chi connectivity index (χ1n) is 15.5. The lowest BCUT2D eigenvalue weighted by Crippen LogP contribution is -2.45. The number of benzene rings is 2. The van der Waals surface area contributed by atoms with Gasteiger partial charge in [-0.1, -0.05) is 13.8 Å². The molecule has 47 heavy (non-hydrogen) atoms. The average molecular weight is 662 g/mol. The molecule has 2 atom stereocenters. The maximum atomic E-state index is 15.7. The van der Waals surface area contributed by atoms with E-state index in [0.29, 0.717) is 41.4 Å². The van der Waals surface area contributed by atoms with E-state index in [1.165, 1.54) is 25.1 Å². The molecule has 12 heteroatoms. The summed E-state index contributed by atoms with van der Waals surface area (Å²) >= 11 is 0. The number of carbonyl (C=O) groups excluding carboxylic acids is 1. The first-order valence-corrected chi connectivity index (χ1v) is 15.5. The molecule has 0 saturated carbocycles. The van der Waals surface area contributed by atoms with Gasteiger partial charge in [-0.2, -0.15) is 13.2 Å². The molecule has 1 amide bonds. The van der Waals surface area contributed by atoms with E-state index in [9.17, 15) is 37.1 Å². The number of aromatic nitrogens is 1. The van der Waals surface area contributed by atoms with Crippen molar-refractivity contribution in [1.29, 1.82) is 0 Å². The van der Waals surface area contributed by atoms with E-state index in [0.717, 1.165) is 10.8 Å². The third-order valence-corrected chi connectivity index (χ3v) is 8.59. The monoisotopic (exact) mass is 661 g/mol. The third kappa shape index (κ3) is 8.27. The van der Waals surface area contributed by atoms with E-state index in [4.69, 9.17) is 0 Å². The van der Waals surface area contributed by atoms with Crippen LogP contribution in [0.2, 0.25) is 0 Å². The number of nitrogens with zero attached hydrogens (tertiary/aromatic N) is 2. The third-order valence-electron chi connectivity index (χ3n) is 8.59. The Kier molecular flexibility index (Phi) is 10.6. The minimum atomic E-state index is -4.78. The number of amides is 1. The maximum Gasteiger partial charge on any atom is 0.416 e. The van der Waals surface area contributed by atoms with E-state index >= 15 is 4.39 Å². The average Bonchev–Trinajstić information content (AvgIpc) is 2.91. The van der Waals surface area contributed by atoms with Gasteiger partial charge in [-0.05, 0) is 110 Å². The van der Waals surface area contributed by atoms with Crippen LogP contribution >= 0.6 is 0 Å². The van der Waals surface area contributed by atoms with Crippen molar-refractivity contribution >= 4 is 11.9 Å². The van der Waals surface area contributed by atoms with E-state index in [-0.39, 0.29) is 41.4 Å². The van der Waals surface area contributed by atoms with Crippen LogP contribution in [0, 0.1) is 44.2 Å². The molecular weight excluding hydrogens is 621 g/mol. The number of hydrogen-bond donors (Lipinski definition) is 2. The van der Waals surface area contributed by atoms with Crippen molar-refractivity contribution in [2.75, 3.05) is 20.1 Å². The van der Waals surface area contributed by atoms with Gasteiger partial charge in [0.05, 0.1) is 18.0 Å². The Morgan fingerprint density at radius 2 is 1.62 bits per heavy atom. The first kappa shape index (κ1) is 35.8. The van der Waals surface area contributed by atoms with Gasteiger partial charge in [0, 0.05) is 30.9 Å². The quantitative estimate of drug-likeness (QED) is 0.222. The fourth-order valence-electron chi connectivity index (χ4n) is 6.57. The second-order valence-corrected chi connectivity index (χ2v) is 13.2. The van der Waals surface area contributed by atoms with Crippen molar-refractivity contribution in [2.24, 2.45) is 11.8 Å². The molecule has 2 heterocycles. The van der Waals surface area contributed by atoms with Gasteiger partial charge in [0.25, 0.3) is 5.56 Å². The van der Waals surface area contributed by atoms with Crippen molar-refractivity contribution in [3.8, 4) is 11.1 Å². The van der Waals surface area contributed by atoms with Crippen LogP contribution in [-0.4, -0.2) is 46.6 Å². The molecule has 0 radical (unpaired) electrons. The summed E-state index contributed by atoms with van der Waals surface area (Å²) in [4.78, 5) is 41.1. The van der Waals surface area contributed by atoms with Gasteiger partial charge in [-0.25, -0.2) is 8.78 Å². The lowest BCUT2D eigenvalue weighted by atomic mass is 9.90. The van der Waals surface area contributed by atoms with Gasteiger partial charge in [-0.15, -0.1) is 0 Å². The Morgan fingerprint density at radius 1 is 1.00 bits per heavy atom. The number of rotatable bonds is 11. The van der Waals surface area contributed by atoms with Gasteiger partial charge < -0.3 is 19.9 Å². The van der Waals surface area contributed by atoms with Gasteiger partial charge >= 0.3 is 12.1 Å². The van der Waals surface area contributed by atoms with Crippen molar-refractivity contribution in [1.82, 2.24) is 14.8 Å². The molecule has 1 aliphatic heterocycles. The van der Waals surface area contributed by atoms with Crippen LogP contribution in [0.5, 0.6) is 0 Å². The number of nitrogens with one attached hydrogen (secondary N) is 1. The zero-order chi connectivity index (χ0) is 35.0. The summed E-state index contributed by atoms with van der Waals surface area (Å²) < 4.78 is 72.8. The van der Waals surface area contributed by atoms with Crippen LogP contribution in [0.15, 0.2) is 41.3 Å². The summed E-state index contributed by atoms with van der Waals surface area (Å²) in [5, 5.41) is 12.4. The Morgan fingerprint density at radius 3 is 2.15 bits per heavy atom. The van der Waals surface area contributed by atoms with E-state index < -0.39 is 59.3 Å². The number of carboxylic acid groups (broad SMARTS) is 1. The number of pyridine rings is 1. The minimum Gasteiger partial charge on any atom is -0.481 e. The Hall–Kier alpha value is -4.06. The normalized spacial score (nSPS) is 15.4. The Labute approximate surface area is 270 Å². The molecule has 3 aromatic rings. The topological polar surface area (TPSA) is 91.6 Å². The molecule has 0 aliphatic carbocycles. The molecule has 2 aromatic carbocycles. The lowest BCUT2D eigenvalue weighted by molar-refractivity contribution is -0.139. The maximum absolute atomic E-state index is 15.7. The van der Waals surface area contributed by atoms with Gasteiger partial charge in [-0.3, -0.25) is 14.4 Å². The number of likely N-dealkylation sites (tertiary alicyclic amines) is 1. The molecule has 1 fully saturated rings. The summed E-state index contributed by atoms with van der Waals surface area (Å²) in [7, 11) is 1.85. The predicted octanol–water partition coefficient (Wildman–Crippen LogP) is 6.76. The SMILES string of the molecule is Cc1cc(-c2c(C)cc(F)cc2C)cc([C@@H](CC(=O)O)NC(=O)[C@@H](CC(C)C)n2cc(CC3CN(C)C3)c(C(F)(F)F)cc2=O)c1F. The highest BCUT2D eigenvalue weighted by atomic mass is 19.4. The summed E-state index contributed by atoms with van der Waals surface area (Å²) in [5.41, 5.74) is 0.0832. The van der Waals surface area contributed by atoms with Crippen molar-refractivity contribution in [3.05, 3.63) is 91.9 Å². The number of aliphatic carboxylic acids is 1. The number of hydrogen-bond acceptors (Lipinski definition) is 4. The fraction of sp³-hybridized carbons (Fsp3) is 0.457. The van der Waals surface area contributed by atoms with E-state index in [1.807, 2.05) is 11.9 Å². The lowest BCUT2D eigenvalue weighted by Gasteiger charge is -2.37. The molecule has 1 aromatic heterocycles. The van der Waals surface area contributed by atoms with Gasteiger partial charge in [0.15, 0.2) is 0 Å². The molecule has 0 spiro atoms. The van der Waals surface area contributed by atoms with Crippen LogP contribution in [0.1, 0.15) is 72.2 Å². The molecule has 4 rings (SSSR count). The Balaban J connectivity index is 1.79. The largest absolute Gasteiger partial charge is 0.481 e. The summed E-state index contributed by atoms with van der Waals surface area (Å²) in [6.07, 6.45) is -4.32. The molecule has 0 bridgehead atoms. The number of aryl methyl sites for hydroxylation is 3. The zero-order valence-electron chi connectivity index (χ0n) is 27.3. The summed E-state index contributed by atoms with van der Waals surface area (Å²) in [5.74, 6) is -3.64. The fourth-order valence-corrected chi connectivity index (χ4v) is 6.57. The molecule has 254 valence electrons. The molecule has 0 unspecified atom stereocenters. The predicted molar refractivity (Wildman–Crippen MR) is 168 cm³/mol. The number of carbonyl (C=O) groups is 2. The van der Waals surface area contributed by atoms with Crippen molar-refractivity contribution in [2.45, 2.75) is 72.1 Å². The summed E-state index contributed by atoms with van der Waals surface area (Å²) in [6, 6.07) is 3.42. The van der Waals surface area contributed by atoms with E-state index in [1.54, 1.807) is 33.8 Å². The minimum absolute atomic E-state index is 0.0397.